The Labute approximate surface area is 135 Å². The fourth-order valence-corrected chi connectivity index (χ4v) is 2.51. The van der Waals surface area contributed by atoms with E-state index < -0.39 is 27.7 Å². The van der Waals surface area contributed by atoms with Gasteiger partial charge in [-0.15, -0.1) is 0 Å². The maximum Gasteiger partial charge on any atom is 0.411 e. The summed E-state index contributed by atoms with van der Waals surface area (Å²) in [4.78, 5) is 22.6. The minimum atomic E-state index is -3.66. The Morgan fingerprint density at radius 3 is 2.39 bits per heavy atom. The summed E-state index contributed by atoms with van der Waals surface area (Å²) in [5.74, 6) is -0.875. The van der Waals surface area contributed by atoms with Gasteiger partial charge in [0.2, 0.25) is 5.91 Å². The van der Waals surface area contributed by atoms with E-state index in [9.17, 15) is 18.0 Å². The Morgan fingerprint density at radius 1 is 1.26 bits per heavy atom. The summed E-state index contributed by atoms with van der Waals surface area (Å²) in [5.41, 5.74) is 0.410. The molecule has 1 aromatic carbocycles. The minimum Gasteiger partial charge on any atom is -0.449 e. The van der Waals surface area contributed by atoms with Gasteiger partial charge in [0.05, 0.1) is 11.5 Å². The largest absolute Gasteiger partial charge is 0.449 e. The quantitative estimate of drug-likeness (QED) is 0.739. The lowest BCUT2D eigenvalue weighted by molar-refractivity contribution is -0.116. The molecule has 0 atom stereocenters. The Bertz CT molecular complexity index is 666. The fraction of sp³-hybridized carbons (Fsp3) is 0.333. The zero-order valence-electron chi connectivity index (χ0n) is 13.0. The van der Waals surface area contributed by atoms with Crippen LogP contribution in [0.15, 0.2) is 41.8 Å². The third-order valence-corrected chi connectivity index (χ3v) is 4.14. The van der Waals surface area contributed by atoms with Gasteiger partial charge in [-0.1, -0.05) is 20.4 Å². The lowest BCUT2D eigenvalue weighted by Crippen LogP contribution is -2.27. The summed E-state index contributed by atoms with van der Waals surface area (Å²) in [5, 5.41) is 4.71. The molecule has 0 aromatic heterocycles. The molecule has 7 nitrogen and oxygen atoms in total. The van der Waals surface area contributed by atoms with E-state index in [0.717, 1.165) is 6.08 Å². The Hall–Kier alpha value is -2.35. The first kappa shape index (κ1) is 18.7. The molecule has 0 unspecified atom stereocenters. The second kappa shape index (κ2) is 8.33. The Kier molecular flexibility index (Phi) is 6.77. The highest BCUT2D eigenvalue weighted by molar-refractivity contribution is 7.91. The molecule has 2 N–H and O–H groups in total. The molecule has 0 fully saturated rings. The van der Waals surface area contributed by atoms with Crippen molar-refractivity contribution in [1.29, 1.82) is 0 Å². The van der Waals surface area contributed by atoms with Crippen LogP contribution in [0.3, 0.4) is 0 Å². The average Bonchev–Trinajstić information content (AvgIpc) is 2.51. The number of anilines is 1. The number of benzene rings is 1. The molecular weight excluding hydrogens is 320 g/mol. The topological polar surface area (TPSA) is 102 Å². The third-order valence-electron chi connectivity index (χ3n) is 2.63. The van der Waals surface area contributed by atoms with E-state index in [1.807, 2.05) is 13.8 Å². The van der Waals surface area contributed by atoms with E-state index >= 15 is 0 Å². The highest BCUT2D eigenvalue weighted by Crippen LogP contribution is 2.15. The van der Waals surface area contributed by atoms with E-state index in [2.05, 4.69) is 17.2 Å². The molecule has 0 radical (unpaired) electrons. The number of nitrogens with one attached hydrogen (secondary N) is 2. The third kappa shape index (κ3) is 6.52. The maximum absolute atomic E-state index is 12.0. The van der Waals surface area contributed by atoms with Crippen molar-refractivity contribution in [3.05, 3.63) is 36.9 Å². The van der Waals surface area contributed by atoms with Gasteiger partial charge < -0.3 is 10.1 Å². The number of carbonyl (C=O) groups excluding carboxylic acids is 2. The van der Waals surface area contributed by atoms with Gasteiger partial charge in [-0.3, -0.25) is 10.1 Å². The van der Waals surface area contributed by atoms with E-state index in [4.69, 9.17) is 4.74 Å². The van der Waals surface area contributed by atoms with Crippen LogP contribution in [-0.2, 0) is 19.4 Å². The number of hydrogen-bond acceptors (Lipinski definition) is 5. The maximum atomic E-state index is 12.0. The van der Waals surface area contributed by atoms with E-state index in [1.54, 1.807) is 0 Å². The SMILES string of the molecule is C=CC(=O)NCS(=O)(=O)c1ccc(NC(=O)OCC(C)C)cc1. The number of sulfone groups is 1. The van der Waals surface area contributed by atoms with Crippen molar-refractivity contribution in [2.45, 2.75) is 18.7 Å². The van der Waals surface area contributed by atoms with Gasteiger partial charge in [0, 0.05) is 5.69 Å². The van der Waals surface area contributed by atoms with Crippen molar-refractivity contribution in [3.8, 4) is 0 Å². The first-order valence-corrected chi connectivity index (χ1v) is 8.56. The number of hydrogen-bond donors (Lipinski definition) is 2. The lowest BCUT2D eigenvalue weighted by atomic mass is 10.2. The Morgan fingerprint density at radius 2 is 1.87 bits per heavy atom. The first-order chi connectivity index (χ1) is 10.7. The smallest absolute Gasteiger partial charge is 0.411 e. The van der Waals surface area contributed by atoms with Gasteiger partial charge in [-0.25, -0.2) is 13.2 Å². The van der Waals surface area contributed by atoms with Crippen LogP contribution in [0.25, 0.3) is 0 Å². The van der Waals surface area contributed by atoms with Gasteiger partial charge >= 0.3 is 6.09 Å². The first-order valence-electron chi connectivity index (χ1n) is 6.91. The predicted octanol–water partition coefficient (Wildman–Crippen LogP) is 1.92. The molecule has 0 aliphatic rings. The van der Waals surface area contributed by atoms with Gasteiger partial charge in [0.25, 0.3) is 0 Å². The molecule has 0 bridgehead atoms. The van der Waals surface area contributed by atoms with Gasteiger partial charge in [-0.2, -0.15) is 0 Å². The summed E-state index contributed by atoms with van der Waals surface area (Å²) < 4.78 is 29.0. The van der Waals surface area contributed by atoms with Gasteiger partial charge in [0.1, 0.15) is 5.88 Å². The van der Waals surface area contributed by atoms with Crippen LogP contribution in [-0.4, -0.2) is 32.9 Å². The molecule has 0 saturated heterocycles. The molecule has 0 heterocycles. The molecule has 2 amide bonds. The molecule has 23 heavy (non-hydrogen) atoms. The van der Waals surface area contributed by atoms with Crippen molar-refractivity contribution < 1.29 is 22.7 Å². The average molecular weight is 340 g/mol. The molecule has 0 aliphatic carbocycles. The van der Waals surface area contributed by atoms with Crippen LogP contribution in [0.5, 0.6) is 0 Å². The minimum absolute atomic E-state index is 0.0305. The van der Waals surface area contributed by atoms with E-state index in [0.29, 0.717) is 12.3 Å². The van der Waals surface area contributed by atoms with E-state index in [1.165, 1.54) is 24.3 Å². The molecule has 0 spiro atoms. The summed E-state index contributed by atoms with van der Waals surface area (Å²) in [6.07, 6.45) is 0.387. The molecule has 1 aromatic rings. The van der Waals surface area contributed by atoms with Crippen molar-refractivity contribution >= 4 is 27.5 Å². The normalized spacial score (nSPS) is 10.9. The van der Waals surface area contributed by atoms with Gasteiger partial charge in [0.15, 0.2) is 9.84 Å². The van der Waals surface area contributed by atoms with E-state index in [-0.39, 0.29) is 10.8 Å². The van der Waals surface area contributed by atoms with Crippen LogP contribution in [0.2, 0.25) is 0 Å². The standard InChI is InChI=1S/C15H20N2O5S/c1-4-14(18)16-10-23(20,21)13-7-5-12(6-8-13)17-15(19)22-9-11(2)3/h4-8,11H,1,9-10H2,2-3H3,(H,16,18)(H,17,19). The van der Waals surface area contributed by atoms with Crippen LogP contribution in [0, 0.1) is 5.92 Å². The molecular formula is C15H20N2O5S. The van der Waals surface area contributed by atoms with Crippen molar-refractivity contribution in [3.63, 3.8) is 0 Å². The van der Waals surface area contributed by atoms with Crippen LogP contribution >= 0.6 is 0 Å². The zero-order chi connectivity index (χ0) is 17.5. The van der Waals surface area contributed by atoms with Crippen molar-refractivity contribution in [1.82, 2.24) is 5.32 Å². The molecule has 0 saturated carbocycles. The molecule has 8 heteroatoms. The summed E-state index contributed by atoms with van der Waals surface area (Å²) in [6, 6.07) is 5.57. The monoisotopic (exact) mass is 340 g/mol. The number of carbonyl (C=O) groups is 2. The van der Waals surface area contributed by atoms with Crippen molar-refractivity contribution in [2.24, 2.45) is 5.92 Å². The van der Waals surface area contributed by atoms with Crippen LogP contribution in [0.1, 0.15) is 13.8 Å². The molecule has 0 aliphatic heterocycles. The lowest BCUT2D eigenvalue weighted by Gasteiger charge is -2.09. The predicted molar refractivity (Wildman–Crippen MR) is 86.6 cm³/mol. The summed E-state index contributed by atoms with van der Waals surface area (Å²) in [7, 11) is -3.66. The summed E-state index contributed by atoms with van der Waals surface area (Å²) >= 11 is 0. The summed E-state index contributed by atoms with van der Waals surface area (Å²) in [6.45, 7) is 7.36. The second-order valence-electron chi connectivity index (χ2n) is 5.15. The van der Waals surface area contributed by atoms with Crippen LogP contribution in [0.4, 0.5) is 10.5 Å². The second-order valence-corrected chi connectivity index (χ2v) is 7.14. The molecule has 126 valence electrons. The number of amides is 2. The van der Waals surface area contributed by atoms with Crippen LogP contribution < -0.4 is 10.6 Å². The number of rotatable bonds is 7. The zero-order valence-corrected chi connectivity index (χ0v) is 13.9. The van der Waals surface area contributed by atoms with Crippen molar-refractivity contribution in [2.75, 3.05) is 17.8 Å². The highest BCUT2D eigenvalue weighted by atomic mass is 32.2. The number of ether oxygens (including phenoxy) is 1. The fourth-order valence-electron chi connectivity index (χ4n) is 1.46. The van der Waals surface area contributed by atoms with Gasteiger partial charge in [-0.05, 0) is 36.3 Å². The highest BCUT2D eigenvalue weighted by Gasteiger charge is 2.15. The Balaban J connectivity index is 2.66. The molecule has 1 rings (SSSR count).